The van der Waals surface area contributed by atoms with Crippen LogP contribution in [0.5, 0.6) is 6.01 Å². The van der Waals surface area contributed by atoms with Gasteiger partial charge in [0.15, 0.2) is 5.82 Å². The molecule has 1 aromatic heterocycles. The second-order valence-electron chi connectivity index (χ2n) is 3.18. The molecule has 1 N–H and O–H groups in total. The topological polar surface area (TPSA) is 50.8 Å². The number of rotatable bonds is 4. The van der Waals surface area contributed by atoms with Crippen molar-refractivity contribution in [2.45, 2.75) is 13.3 Å². The molecule has 0 spiro atoms. The van der Waals surface area contributed by atoms with E-state index in [2.05, 4.69) is 15.2 Å². The number of H-pyrrole nitrogens is 1. The standard InChI is InChI=1S/C11H13N3O/c1-2-8-15-11-12-10(13-14-11)9-6-4-3-5-7-9/h3-7H,2,8H2,1H3,(H,12,13,14). The van der Waals surface area contributed by atoms with Gasteiger partial charge in [0.25, 0.3) is 0 Å². The highest BCUT2D eigenvalue weighted by molar-refractivity contribution is 5.54. The molecule has 0 fully saturated rings. The molecule has 0 saturated heterocycles. The molecule has 0 amide bonds. The van der Waals surface area contributed by atoms with Gasteiger partial charge in [0.05, 0.1) is 6.61 Å². The average Bonchev–Trinajstić information content (AvgIpc) is 2.76. The molecule has 4 heteroatoms. The molecule has 15 heavy (non-hydrogen) atoms. The maximum absolute atomic E-state index is 5.30. The lowest BCUT2D eigenvalue weighted by atomic mass is 10.2. The highest BCUT2D eigenvalue weighted by Crippen LogP contribution is 2.15. The van der Waals surface area contributed by atoms with Crippen molar-refractivity contribution in [1.29, 1.82) is 0 Å². The molecule has 0 bridgehead atoms. The summed E-state index contributed by atoms with van der Waals surface area (Å²) in [6.07, 6.45) is 0.954. The molecule has 0 radical (unpaired) electrons. The Hall–Kier alpha value is -1.84. The first kappa shape index (κ1) is 9.71. The van der Waals surface area contributed by atoms with Crippen molar-refractivity contribution in [3.05, 3.63) is 30.3 Å². The molecular formula is C11H13N3O. The minimum absolute atomic E-state index is 0.413. The SMILES string of the molecule is CCCOc1n[nH]c(-c2ccccc2)n1. The second-order valence-corrected chi connectivity index (χ2v) is 3.18. The Morgan fingerprint density at radius 2 is 2.07 bits per heavy atom. The van der Waals surface area contributed by atoms with Gasteiger partial charge in [0, 0.05) is 5.56 Å². The monoisotopic (exact) mass is 203 g/mol. The first-order valence-corrected chi connectivity index (χ1v) is 5.01. The van der Waals surface area contributed by atoms with E-state index in [-0.39, 0.29) is 0 Å². The molecule has 78 valence electrons. The summed E-state index contributed by atoms with van der Waals surface area (Å²) in [4.78, 5) is 4.23. The summed E-state index contributed by atoms with van der Waals surface area (Å²) >= 11 is 0. The molecule has 0 saturated carbocycles. The quantitative estimate of drug-likeness (QED) is 0.829. The van der Waals surface area contributed by atoms with Gasteiger partial charge in [-0.05, 0) is 6.42 Å². The second kappa shape index (κ2) is 4.59. The number of nitrogens with zero attached hydrogens (tertiary/aromatic N) is 2. The van der Waals surface area contributed by atoms with Crippen LogP contribution in [0.15, 0.2) is 30.3 Å². The van der Waals surface area contributed by atoms with Crippen LogP contribution in [0.25, 0.3) is 11.4 Å². The van der Waals surface area contributed by atoms with Gasteiger partial charge >= 0.3 is 6.01 Å². The Bertz CT molecular complexity index is 411. The van der Waals surface area contributed by atoms with E-state index in [1.54, 1.807) is 0 Å². The fourth-order valence-electron chi connectivity index (χ4n) is 1.23. The van der Waals surface area contributed by atoms with E-state index in [0.29, 0.717) is 12.6 Å². The van der Waals surface area contributed by atoms with E-state index in [1.165, 1.54) is 0 Å². The van der Waals surface area contributed by atoms with Crippen molar-refractivity contribution >= 4 is 0 Å². The van der Waals surface area contributed by atoms with Gasteiger partial charge in [-0.1, -0.05) is 37.3 Å². The van der Waals surface area contributed by atoms with Crippen molar-refractivity contribution in [2.24, 2.45) is 0 Å². The molecule has 1 aromatic carbocycles. The van der Waals surface area contributed by atoms with Crippen LogP contribution in [0.3, 0.4) is 0 Å². The molecular weight excluding hydrogens is 190 g/mol. The van der Waals surface area contributed by atoms with E-state index in [1.807, 2.05) is 37.3 Å². The van der Waals surface area contributed by atoms with Crippen LogP contribution in [0.4, 0.5) is 0 Å². The summed E-state index contributed by atoms with van der Waals surface area (Å²) in [5, 5.41) is 6.82. The van der Waals surface area contributed by atoms with Gasteiger partial charge in [-0.3, -0.25) is 5.10 Å². The lowest BCUT2D eigenvalue weighted by molar-refractivity contribution is 0.293. The van der Waals surface area contributed by atoms with Crippen molar-refractivity contribution in [1.82, 2.24) is 15.2 Å². The lowest BCUT2D eigenvalue weighted by Gasteiger charge is -1.95. The first-order chi connectivity index (χ1) is 7.40. The van der Waals surface area contributed by atoms with Crippen LogP contribution in [-0.4, -0.2) is 21.8 Å². The zero-order valence-electron chi connectivity index (χ0n) is 8.60. The van der Waals surface area contributed by atoms with Gasteiger partial charge in [-0.25, -0.2) is 0 Å². The summed E-state index contributed by atoms with van der Waals surface area (Å²) in [5.41, 5.74) is 1.01. The molecule has 4 nitrogen and oxygen atoms in total. The fourth-order valence-corrected chi connectivity index (χ4v) is 1.23. The highest BCUT2D eigenvalue weighted by atomic mass is 16.5. The van der Waals surface area contributed by atoms with Crippen LogP contribution in [0, 0.1) is 0 Å². The lowest BCUT2D eigenvalue weighted by Crippen LogP contribution is -1.96. The van der Waals surface area contributed by atoms with Gasteiger partial charge in [0.1, 0.15) is 0 Å². The molecule has 0 aliphatic carbocycles. The third-order valence-electron chi connectivity index (χ3n) is 1.95. The van der Waals surface area contributed by atoms with Crippen LogP contribution >= 0.6 is 0 Å². The van der Waals surface area contributed by atoms with E-state index < -0.39 is 0 Å². The molecule has 0 aliphatic rings. The first-order valence-electron chi connectivity index (χ1n) is 5.01. The smallest absolute Gasteiger partial charge is 0.335 e. The summed E-state index contributed by atoms with van der Waals surface area (Å²) in [5.74, 6) is 0.738. The summed E-state index contributed by atoms with van der Waals surface area (Å²) < 4.78 is 5.30. The number of ether oxygens (including phenoxy) is 1. The maximum Gasteiger partial charge on any atom is 0.335 e. The van der Waals surface area contributed by atoms with Crippen LogP contribution in [0.1, 0.15) is 13.3 Å². The van der Waals surface area contributed by atoms with Crippen molar-refractivity contribution in [2.75, 3.05) is 6.61 Å². The van der Waals surface area contributed by atoms with Gasteiger partial charge in [0.2, 0.25) is 0 Å². The third kappa shape index (κ3) is 2.34. The summed E-state index contributed by atoms with van der Waals surface area (Å²) in [6.45, 7) is 2.69. The predicted molar refractivity (Wildman–Crippen MR) is 57.6 cm³/mol. The normalized spacial score (nSPS) is 10.2. The van der Waals surface area contributed by atoms with E-state index in [0.717, 1.165) is 17.8 Å². The Morgan fingerprint density at radius 3 is 2.80 bits per heavy atom. The minimum Gasteiger partial charge on any atom is -0.462 e. The van der Waals surface area contributed by atoms with E-state index in [9.17, 15) is 0 Å². The molecule has 1 heterocycles. The molecule has 0 atom stereocenters. The average molecular weight is 203 g/mol. The summed E-state index contributed by atoms with van der Waals surface area (Å²) in [6, 6.07) is 10.3. The largest absolute Gasteiger partial charge is 0.462 e. The highest BCUT2D eigenvalue weighted by Gasteiger charge is 2.04. The Labute approximate surface area is 88.3 Å². The van der Waals surface area contributed by atoms with Crippen LogP contribution in [-0.2, 0) is 0 Å². The zero-order chi connectivity index (χ0) is 10.5. The molecule has 2 aromatic rings. The fraction of sp³-hybridized carbons (Fsp3) is 0.273. The predicted octanol–water partition coefficient (Wildman–Crippen LogP) is 2.26. The Kier molecular flexibility index (Phi) is 2.97. The van der Waals surface area contributed by atoms with Crippen LogP contribution in [0.2, 0.25) is 0 Å². The van der Waals surface area contributed by atoms with Gasteiger partial charge in [-0.15, -0.1) is 5.10 Å². The maximum atomic E-state index is 5.30. The van der Waals surface area contributed by atoms with E-state index in [4.69, 9.17) is 4.74 Å². The van der Waals surface area contributed by atoms with Crippen LogP contribution < -0.4 is 4.74 Å². The Morgan fingerprint density at radius 1 is 1.27 bits per heavy atom. The van der Waals surface area contributed by atoms with E-state index >= 15 is 0 Å². The zero-order valence-corrected chi connectivity index (χ0v) is 8.60. The third-order valence-corrected chi connectivity index (χ3v) is 1.95. The van der Waals surface area contributed by atoms with Crippen molar-refractivity contribution in [3.8, 4) is 17.4 Å². The number of aromatic amines is 1. The molecule has 0 unspecified atom stereocenters. The number of nitrogens with one attached hydrogen (secondary N) is 1. The van der Waals surface area contributed by atoms with Gasteiger partial charge in [-0.2, -0.15) is 4.98 Å². The molecule has 2 rings (SSSR count). The van der Waals surface area contributed by atoms with Crippen molar-refractivity contribution < 1.29 is 4.74 Å². The number of hydrogen-bond acceptors (Lipinski definition) is 3. The number of benzene rings is 1. The van der Waals surface area contributed by atoms with Crippen molar-refractivity contribution in [3.63, 3.8) is 0 Å². The molecule has 0 aliphatic heterocycles. The minimum atomic E-state index is 0.413. The summed E-state index contributed by atoms with van der Waals surface area (Å²) in [7, 11) is 0. The van der Waals surface area contributed by atoms with Gasteiger partial charge < -0.3 is 4.74 Å². The number of hydrogen-bond donors (Lipinski definition) is 1. The Balaban J connectivity index is 2.14. The number of aromatic nitrogens is 3.